The lowest BCUT2D eigenvalue weighted by Gasteiger charge is -2.39. The molecule has 6 aromatic carbocycles. The number of ether oxygens (including phenoxy) is 1. The van der Waals surface area contributed by atoms with Crippen LogP contribution in [-0.2, 0) is 5.41 Å². The number of allylic oxidation sites excluding steroid dienone is 2. The monoisotopic (exact) mass is 654 g/mol. The fraction of sp³-hybridized carbons (Fsp3) is 0.125. The summed E-state index contributed by atoms with van der Waals surface area (Å²) < 4.78 is 6.56. The minimum Gasteiger partial charge on any atom is -0.457 e. The predicted molar refractivity (Wildman–Crippen MR) is 206 cm³/mol. The average molecular weight is 655 g/mol. The van der Waals surface area contributed by atoms with Gasteiger partial charge in [-0.3, -0.25) is 4.99 Å². The number of nitrogens with zero attached hydrogens (tertiary/aromatic N) is 2. The van der Waals surface area contributed by atoms with Crippen LogP contribution in [0, 0.1) is 12.1 Å². The van der Waals surface area contributed by atoms with Gasteiger partial charge in [-0.2, -0.15) is 0 Å². The third-order valence-electron chi connectivity index (χ3n) is 10.9. The fourth-order valence-corrected chi connectivity index (χ4v) is 8.61. The van der Waals surface area contributed by atoms with Crippen molar-refractivity contribution in [2.45, 2.75) is 37.1 Å². The summed E-state index contributed by atoms with van der Waals surface area (Å²) in [6.45, 7) is 0. The van der Waals surface area contributed by atoms with Gasteiger partial charge in [-0.25, -0.2) is 4.99 Å². The number of benzene rings is 5. The Balaban J connectivity index is 1.12. The SMILES string of the molecule is c1cccc(C2=NC(C3=CCCC(c4ccc5c(c4)C4(c6ccccc6Oc6ccccc64)c4ccccc4-5)=C3)=NC(c3ccccc3)CC2)c#1. The van der Waals surface area contributed by atoms with Crippen LogP contribution in [0.2, 0.25) is 0 Å². The van der Waals surface area contributed by atoms with Crippen LogP contribution in [0.5, 0.6) is 11.5 Å². The van der Waals surface area contributed by atoms with Gasteiger partial charge in [0.15, 0.2) is 5.84 Å². The maximum Gasteiger partial charge on any atom is 0.155 e. The molecule has 3 nitrogen and oxygen atoms in total. The van der Waals surface area contributed by atoms with E-state index in [9.17, 15) is 0 Å². The summed E-state index contributed by atoms with van der Waals surface area (Å²) in [7, 11) is 0. The van der Waals surface area contributed by atoms with Crippen molar-refractivity contribution in [1.29, 1.82) is 0 Å². The number of fused-ring (bicyclic) bond motifs is 9. The second-order valence-corrected chi connectivity index (χ2v) is 13.7. The molecule has 2 aliphatic heterocycles. The molecule has 10 rings (SSSR count). The predicted octanol–water partition coefficient (Wildman–Crippen LogP) is 11.3. The van der Waals surface area contributed by atoms with E-state index in [1.807, 2.05) is 12.1 Å². The van der Waals surface area contributed by atoms with Crippen molar-refractivity contribution >= 4 is 17.1 Å². The summed E-state index contributed by atoms with van der Waals surface area (Å²) in [6.07, 6.45) is 8.23. The largest absolute Gasteiger partial charge is 0.457 e. The van der Waals surface area contributed by atoms with Gasteiger partial charge in [0.05, 0.1) is 17.2 Å². The molecule has 0 fully saturated rings. The van der Waals surface area contributed by atoms with Crippen molar-refractivity contribution in [2.24, 2.45) is 9.98 Å². The molecule has 0 saturated heterocycles. The minimum absolute atomic E-state index is 0.0295. The van der Waals surface area contributed by atoms with Gasteiger partial charge in [0.2, 0.25) is 0 Å². The Morgan fingerprint density at radius 2 is 1.39 bits per heavy atom. The number of hydrogen-bond acceptors (Lipinski definition) is 3. The van der Waals surface area contributed by atoms with Crippen molar-refractivity contribution in [3.05, 3.63) is 208 Å². The van der Waals surface area contributed by atoms with Gasteiger partial charge in [-0.15, -0.1) is 0 Å². The lowest BCUT2D eigenvalue weighted by atomic mass is 9.66. The highest BCUT2D eigenvalue weighted by Crippen LogP contribution is 2.62. The normalized spacial score (nSPS) is 17.9. The molecule has 0 N–H and O–H groups in total. The molecule has 2 heterocycles. The maximum atomic E-state index is 6.56. The van der Waals surface area contributed by atoms with Gasteiger partial charge in [-0.1, -0.05) is 127 Å². The number of amidine groups is 1. The Morgan fingerprint density at radius 1 is 0.667 bits per heavy atom. The summed E-state index contributed by atoms with van der Waals surface area (Å²) in [5.74, 6) is 2.61. The summed E-state index contributed by atoms with van der Waals surface area (Å²) in [6, 6.07) is 56.2. The Morgan fingerprint density at radius 3 is 2.18 bits per heavy atom. The molecule has 0 amide bonds. The van der Waals surface area contributed by atoms with Crippen LogP contribution in [0.3, 0.4) is 0 Å². The van der Waals surface area contributed by atoms with E-state index >= 15 is 0 Å². The third-order valence-corrected chi connectivity index (χ3v) is 10.9. The first-order valence-electron chi connectivity index (χ1n) is 17.9. The molecule has 0 aromatic heterocycles. The highest BCUT2D eigenvalue weighted by Gasteiger charge is 2.51. The first-order chi connectivity index (χ1) is 25.3. The van der Waals surface area contributed by atoms with Gasteiger partial charge in [0.25, 0.3) is 0 Å². The average Bonchev–Trinajstić information content (AvgIpc) is 3.31. The van der Waals surface area contributed by atoms with Crippen LogP contribution in [0.1, 0.15) is 70.7 Å². The van der Waals surface area contributed by atoms with Crippen LogP contribution in [0.4, 0.5) is 0 Å². The van der Waals surface area contributed by atoms with Gasteiger partial charge in [-0.05, 0) is 101 Å². The molecule has 0 saturated carbocycles. The van der Waals surface area contributed by atoms with E-state index < -0.39 is 5.41 Å². The fourth-order valence-electron chi connectivity index (χ4n) is 8.61. The van der Waals surface area contributed by atoms with E-state index in [-0.39, 0.29) is 6.04 Å². The van der Waals surface area contributed by atoms with Gasteiger partial charge < -0.3 is 4.74 Å². The zero-order valence-electron chi connectivity index (χ0n) is 28.1. The minimum atomic E-state index is -0.488. The van der Waals surface area contributed by atoms with Crippen molar-refractivity contribution < 1.29 is 4.74 Å². The van der Waals surface area contributed by atoms with E-state index in [0.717, 1.165) is 59.9 Å². The van der Waals surface area contributed by atoms with Crippen LogP contribution >= 0.6 is 0 Å². The lowest BCUT2D eigenvalue weighted by molar-refractivity contribution is 0.436. The van der Waals surface area contributed by atoms with E-state index in [1.165, 1.54) is 50.1 Å². The second kappa shape index (κ2) is 12.0. The van der Waals surface area contributed by atoms with E-state index in [4.69, 9.17) is 14.7 Å². The van der Waals surface area contributed by atoms with Crippen molar-refractivity contribution in [2.75, 3.05) is 0 Å². The zero-order chi connectivity index (χ0) is 33.8. The summed E-state index contributed by atoms with van der Waals surface area (Å²) >= 11 is 0. The summed E-state index contributed by atoms with van der Waals surface area (Å²) in [5.41, 5.74) is 13.9. The first-order valence-corrected chi connectivity index (χ1v) is 17.9. The molecule has 51 heavy (non-hydrogen) atoms. The molecule has 242 valence electrons. The molecule has 6 aromatic rings. The van der Waals surface area contributed by atoms with Gasteiger partial charge >= 0.3 is 0 Å². The molecular weight excluding hydrogens is 621 g/mol. The van der Waals surface area contributed by atoms with Crippen molar-refractivity contribution in [3.8, 4) is 22.6 Å². The Labute approximate surface area is 299 Å². The maximum absolute atomic E-state index is 6.56. The van der Waals surface area contributed by atoms with Crippen LogP contribution in [0.25, 0.3) is 16.7 Å². The molecular formula is C48H34N2O. The number of hydrogen-bond donors (Lipinski definition) is 0. The first kappa shape index (κ1) is 29.7. The third kappa shape index (κ3) is 4.75. The van der Waals surface area contributed by atoms with Crippen molar-refractivity contribution in [3.63, 3.8) is 0 Å². The van der Waals surface area contributed by atoms with Crippen LogP contribution in [-0.4, -0.2) is 11.5 Å². The van der Waals surface area contributed by atoms with E-state index in [1.54, 1.807) is 0 Å². The summed E-state index contributed by atoms with van der Waals surface area (Å²) in [4.78, 5) is 10.6. The topological polar surface area (TPSA) is 34.0 Å². The summed E-state index contributed by atoms with van der Waals surface area (Å²) in [5, 5.41) is 0. The Bertz CT molecular complexity index is 2410. The van der Waals surface area contributed by atoms with E-state index in [2.05, 4.69) is 152 Å². The number of rotatable bonds is 4. The van der Waals surface area contributed by atoms with Crippen molar-refractivity contribution in [1.82, 2.24) is 0 Å². The molecule has 3 heteroatoms. The number of para-hydroxylation sites is 2. The highest BCUT2D eigenvalue weighted by atomic mass is 16.5. The van der Waals surface area contributed by atoms with Crippen LogP contribution in [0.15, 0.2) is 167 Å². The quantitative estimate of drug-likeness (QED) is 0.186. The second-order valence-electron chi connectivity index (χ2n) is 13.7. The molecule has 1 atom stereocenters. The standard InChI is InChI=1S/C48H34N2O/c1-3-14-32(15-4-1)43-28-29-44(33-16-5-2-6-17-33)50-47(49-43)36-19-13-18-34(30-36)35-26-27-38-37-20-7-8-21-39(37)48(42(38)31-35)40-22-9-11-24-45(40)51-46-25-12-10-23-41(46)48/h1-5,7-12,14-16,19-27,30-31,43H,13,18,28-29H2. The zero-order valence-corrected chi connectivity index (χ0v) is 28.1. The van der Waals surface area contributed by atoms with Gasteiger partial charge in [0.1, 0.15) is 11.5 Å². The molecule has 1 spiro atoms. The number of aliphatic imine (C=N–C) groups is 2. The molecule has 1 unspecified atom stereocenters. The van der Waals surface area contributed by atoms with E-state index in [0.29, 0.717) is 0 Å². The molecule has 0 radical (unpaired) electrons. The molecule has 0 bridgehead atoms. The molecule has 4 aliphatic rings. The van der Waals surface area contributed by atoms with Gasteiger partial charge in [0, 0.05) is 22.3 Å². The highest BCUT2D eigenvalue weighted by molar-refractivity contribution is 6.14. The smallest absolute Gasteiger partial charge is 0.155 e. The Hall–Kier alpha value is -6.24. The Kier molecular flexibility index (Phi) is 6.96. The lowest BCUT2D eigenvalue weighted by Crippen LogP contribution is -2.32. The molecule has 2 aliphatic carbocycles. The van der Waals surface area contributed by atoms with Crippen LogP contribution < -0.4 is 4.74 Å².